The van der Waals surface area contributed by atoms with E-state index >= 15 is 0 Å². The summed E-state index contributed by atoms with van der Waals surface area (Å²) in [5.41, 5.74) is 0. The van der Waals surface area contributed by atoms with Crippen LogP contribution in [0.15, 0.2) is 0 Å². The molecule has 0 aromatic rings. The number of esters is 2. The topological polar surface area (TPSA) is 94.1 Å². The number of aliphatic hydroxyl groups is 1. The Labute approximate surface area is 122 Å². The minimum absolute atomic E-state index is 0.265. The number of halogens is 1. The Bertz CT molecular complexity index is 393. The number of carbonyl (C=O) groups excluding carboxylic acids is 2. The predicted octanol–water partition coefficient (Wildman–Crippen LogP) is -0.238. The summed E-state index contributed by atoms with van der Waals surface area (Å²) in [6.07, 6.45) is -4.25. The lowest BCUT2D eigenvalue weighted by molar-refractivity contribution is -0.312. The van der Waals surface area contributed by atoms with Crippen molar-refractivity contribution >= 4 is 11.9 Å². The molecule has 0 spiro atoms. The molecule has 5 unspecified atom stereocenters. The number of carbonyl (C=O) groups is 2. The van der Waals surface area contributed by atoms with Gasteiger partial charge in [0, 0.05) is 19.4 Å². The fourth-order valence-corrected chi connectivity index (χ4v) is 2.28. The maximum absolute atomic E-state index is 14.5. The first-order valence-corrected chi connectivity index (χ1v) is 6.78. The molecule has 0 saturated carbocycles. The average Bonchev–Trinajstić information content (AvgIpc) is 2.44. The van der Waals surface area contributed by atoms with Gasteiger partial charge in [-0.05, 0) is 6.54 Å². The SMILES string of the molecule is CCNCC1OC(O)(C(=O)OC)C(F)C(OC(C)=O)C1C. The standard InChI is InChI=1S/C13H22FNO6/c1-5-15-6-9-7(2)10(20-8(3)16)11(14)13(18,21-9)12(17)19-4/h7,9-11,15,18H,5-6H2,1-4H3. The Morgan fingerprint density at radius 2 is 2.10 bits per heavy atom. The highest BCUT2D eigenvalue weighted by molar-refractivity contribution is 5.78. The van der Waals surface area contributed by atoms with Gasteiger partial charge in [-0.3, -0.25) is 4.79 Å². The molecule has 7 nitrogen and oxygen atoms in total. The summed E-state index contributed by atoms with van der Waals surface area (Å²) in [6, 6.07) is 0. The van der Waals surface area contributed by atoms with Crippen LogP contribution in [0.25, 0.3) is 0 Å². The maximum Gasteiger partial charge on any atom is 0.369 e. The van der Waals surface area contributed by atoms with E-state index in [2.05, 4.69) is 10.1 Å². The van der Waals surface area contributed by atoms with Crippen LogP contribution in [0.3, 0.4) is 0 Å². The Morgan fingerprint density at radius 3 is 2.57 bits per heavy atom. The Kier molecular flexibility index (Phi) is 6.06. The van der Waals surface area contributed by atoms with Crippen molar-refractivity contribution in [3.05, 3.63) is 0 Å². The van der Waals surface area contributed by atoms with Crippen molar-refractivity contribution in [1.82, 2.24) is 5.32 Å². The molecule has 1 saturated heterocycles. The van der Waals surface area contributed by atoms with Gasteiger partial charge in [0.2, 0.25) is 6.17 Å². The number of rotatable bonds is 5. The number of likely N-dealkylation sites (N-methyl/N-ethyl adjacent to an activating group) is 1. The lowest BCUT2D eigenvalue weighted by atomic mass is 9.86. The summed E-state index contributed by atoms with van der Waals surface area (Å²) < 4.78 is 29.0. The lowest BCUT2D eigenvalue weighted by Gasteiger charge is -2.44. The second kappa shape index (κ2) is 7.15. The van der Waals surface area contributed by atoms with Gasteiger partial charge in [0.05, 0.1) is 13.2 Å². The van der Waals surface area contributed by atoms with Gasteiger partial charge in [-0.25, -0.2) is 9.18 Å². The van der Waals surface area contributed by atoms with E-state index in [1.165, 1.54) is 0 Å². The molecule has 1 aliphatic rings. The van der Waals surface area contributed by atoms with Crippen LogP contribution in [-0.4, -0.2) is 61.4 Å². The van der Waals surface area contributed by atoms with Crippen LogP contribution in [0.5, 0.6) is 0 Å². The van der Waals surface area contributed by atoms with E-state index in [0.29, 0.717) is 6.54 Å². The van der Waals surface area contributed by atoms with Crippen molar-refractivity contribution in [1.29, 1.82) is 0 Å². The summed E-state index contributed by atoms with van der Waals surface area (Å²) in [5, 5.41) is 13.2. The molecule has 0 amide bonds. The first-order valence-electron chi connectivity index (χ1n) is 6.78. The van der Waals surface area contributed by atoms with Crippen LogP contribution in [0.1, 0.15) is 20.8 Å². The second-order valence-corrected chi connectivity index (χ2v) is 4.99. The van der Waals surface area contributed by atoms with Crippen LogP contribution < -0.4 is 5.32 Å². The smallest absolute Gasteiger partial charge is 0.369 e. The van der Waals surface area contributed by atoms with Crippen molar-refractivity contribution < 1.29 is 33.3 Å². The van der Waals surface area contributed by atoms with Crippen LogP contribution in [0, 0.1) is 5.92 Å². The van der Waals surface area contributed by atoms with Crippen LogP contribution in [0.2, 0.25) is 0 Å². The molecule has 0 bridgehead atoms. The first kappa shape index (κ1) is 17.8. The summed E-state index contributed by atoms with van der Waals surface area (Å²) in [6.45, 7) is 5.51. The number of ether oxygens (including phenoxy) is 3. The highest BCUT2D eigenvalue weighted by Gasteiger charge is 2.60. The van der Waals surface area contributed by atoms with Gasteiger partial charge in [0.15, 0.2) is 0 Å². The quantitative estimate of drug-likeness (QED) is 0.677. The molecular weight excluding hydrogens is 285 g/mol. The maximum atomic E-state index is 14.5. The molecule has 5 atom stereocenters. The summed E-state index contributed by atoms with van der Waals surface area (Å²) >= 11 is 0. The minimum Gasteiger partial charge on any atom is -0.465 e. The number of nitrogens with one attached hydrogen (secondary N) is 1. The predicted molar refractivity (Wildman–Crippen MR) is 70.0 cm³/mol. The van der Waals surface area contributed by atoms with Crippen molar-refractivity contribution in [3.8, 4) is 0 Å². The number of hydrogen-bond donors (Lipinski definition) is 2. The van der Waals surface area contributed by atoms with E-state index in [1.807, 2.05) is 6.92 Å². The zero-order valence-corrected chi connectivity index (χ0v) is 12.6. The van der Waals surface area contributed by atoms with Crippen LogP contribution in [0.4, 0.5) is 4.39 Å². The fraction of sp³-hybridized carbons (Fsp3) is 0.846. The van der Waals surface area contributed by atoms with Gasteiger partial charge < -0.3 is 24.6 Å². The molecule has 0 aliphatic carbocycles. The highest BCUT2D eigenvalue weighted by Crippen LogP contribution is 2.36. The number of methoxy groups -OCH3 is 1. The van der Waals surface area contributed by atoms with Crippen molar-refractivity contribution in [3.63, 3.8) is 0 Å². The third-order valence-corrected chi connectivity index (χ3v) is 3.47. The third-order valence-electron chi connectivity index (χ3n) is 3.47. The van der Waals surface area contributed by atoms with Gasteiger partial charge in [-0.2, -0.15) is 0 Å². The van der Waals surface area contributed by atoms with Crippen molar-refractivity contribution in [2.24, 2.45) is 5.92 Å². The first-order chi connectivity index (χ1) is 9.77. The molecule has 2 N–H and O–H groups in total. The van der Waals surface area contributed by atoms with E-state index < -0.39 is 42.0 Å². The van der Waals surface area contributed by atoms with Crippen LogP contribution >= 0.6 is 0 Å². The molecule has 0 aromatic carbocycles. The molecular formula is C13H22FNO6. The number of hydrogen-bond acceptors (Lipinski definition) is 7. The largest absolute Gasteiger partial charge is 0.465 e. The molecule has 1 rings (SSSR count). The molecule has 8 heteroatoms. The monoisotopic (exact) mass is 307 g/mol. The van der Waals surface area contributed by atoms with E-state index in [1.54, 1.807) is 6.92 Å². The molecule has 1 aliphatic heterocycles. The molecule has 122 valence electrons. The van der Waals surface area contributed by atoms with Gasteiger partial charge >= 0.3 is 17.7 Å². The Balaban J connectivity index is 3.05. The molecule has 1 heterocycles. The second-order valence-electron chi connectivity index (χ2n) is 4.99. The third kappa shape index (κ3) is 3.69. The van der Waals surface area contributed by atoms with E-state index in [0.717, 1.165) is 14.0 Å². The van der Waals surface area contributed by atoms with Gasteiger partial charge in [0.25, 0.3) is 0 Å². The zero-order valence-electron chi connectivity index (χ0n) is 12.6. The average molecular weight is 307 g/mol. The Morgan fingerprint density at radius 1 is 1.48 bits per heavy atom. The zero-order chi connectivity index (χ0) is 16.2. The summed E-state index contributed by atoms with van der Waals surface area (Å²) in [5.74, 6) is -5.30. The summed E-state index contributed by atoms with van der Waals surface area (Å²) in [7, 11) is 1.01. The highest BCUT2D eigenvalue weighted by atomic mass is 19.1. The molecule has 0 aromatic heterocycles. The minimum atomic E-state index is -2.79. The van der Waals surface area contributed by atoms with E-state index in [9.17, 15) is 19.1 Å². The molecule has 21 heavy (non-hydrogen) atoms. The summed E-state index contributed by atoms with van der Waals surface area (Å²) in [4.78, 5) is 22.8. The normalized spacial score (nSPS) is 36.1. The fourth-order valence-electron chi connectivity index (χ4n) is 2.28. The Hall–Kier alpha value is -1.25. The lowest BCUT2D eigenvalue weighted by Crippen LogP contribution is -2.65. The van der Waals surface area contributed by atoms with Gasteiger partial charge in [-0.1, -0.05) is 13.8 Å². The number of alkyl halides is 1. The van der Waals surface area contributed by atoms with Crippen molar-refractivity contribution in [2.45, 2.75) is 44.9 Å². The van der Waals surface area contributed by atoms with Gasteiger partial charge in [-0.15, -0.1) is 0 Å². The van der Waals surface area contributed by atoms with Gasteiger partial charge in [0.1, 0.15) is 6.10 Å². The van der Waals surface area contributed by atoms with E-state index in [-0.39, 0.29) is 6.54 Å². The van der Waals surface area contributed by atoms with Crippen LogP contribution in [-0.2, 0) is 23.8 Å². The molecule has 1 fully saturated rings. The van der Waals surface area contributed by atoms with E-state index in [4.69, 9.17) is 9.47 Å². The molecule has 0 radical (unpaired) electrons. The van der Waals surface area contributed by atoms with Crippen molar-refractivity contribution in [2.75, 3.05) is 20.2 Å².